The minimum Gasteiger partial charge on any atom is -0.372 e. The Balaban J connectivity index is 2.85. The normalized spacial score (nSPS) is 12.8. The van der Waals surface area contributed by atoms with Crippen molar-refractivity contribution < 1.29 is 4.39 Å². The summed E-state index contributed by atoms with van der Waals surface area (Å²) in [6.07, 6.45) is 1.02. The second-order valence-corrected chi connectivity index (χ2v) is 5.54. The minimum absolute atomic E-state index is 0.139. The Morgan fingerprint density at radius 1 is 1.20 bits per heavy atom. The number of rotatable bonds is 8. The van der Waals surface area contributed by atoms with Crippen molar-refractivity contribution in [1.29, 1.82) is 0 Å². The zero-order valence-corrected chi connectivity index (χ0v) is 13.4. The fourth-order valence-corrected chi connectivity index (χ4v) is 2.44. The molecule has 0 aliphatic rings. The number of anilines is 1. The quantitative estimate of drug-likeness (QED) is 0.790. The molecule has 0 saturated heterocycles. The fourth-order valence-electron chi connectivity index (χ4n) is 2.44. The van der Waals surface area contributed by atoms with E-state index in [4.69, 9.17) is 0 Å². The molecule has 0 fully saturated rings. The molecule has 0 radical (unpaired) electrons. The van der Waals surface area contributed by atoms with Crippen LogP contribution in [0.4, 0.5) is 10.1 Å². The van der Waals surface area contributed by atoms with Gasteiger partial charge in [0.25, 0.3) is 0 Å². The van der Waals surface area contributed by atoms with Gasteiger partial charge < -0.3 is 15.1 Å². The van der Waals surface area contributed by atoms with Gasteiger partial charge in [-0.25, -0.2) is 4.39 Å². The first-order valence-electron chi connectivity index (χ1n) is 7.35. The highest BCUT2D eigenvalue weighted by atomic mass is 19.1. The number of nitrogens with zero attached hydrogens (tertiary/aromatic N) is 2. The Hall–Kier alpha value is -1.13. The van der Waals surface area contributed by atoms with E-state index in [1.165, 1.54) is 0 Å². The molecule has 1 unspecified atom stereocenters. The lowest BCUT2D eigenvalue weighted by Crippen LogP contribution is -2.27. The van der Waals surface area contributed by atoms with E-state index in [0.717, 1.165) is 37.3 Å². The van der Waals surface area contributed by atoms with Crippen molar-refractivity contribution in [2.45, 2.75) is 26.3 Å². The number of halogens is 1. The number of benzene rings is 1. The molecule has 0 aliphatic carbocycles. The van der Waals surface area contributed by atoms with E-state index in [2.05, 4.69) is 38.2 Å². The summed E-state index contributed by atoms with van der Waals surface area (Å²) in [5.41, 5.74) is 1.75. The van der Waals surface area contributed by atoms with Crippen LogP contribution in [0.5, 0.6) is 0 Å². The smallest absolute Gasteiger partial charge is 0.146 e. The van der Waals surface area contributed by atoms with Crippen LogP contribution in [0.1, 0.15) is 31.9 Å². The molecule has 0 amide bonds. The molecule has 1 rings (SSSR count). The molecule has 0 spiro atoms. The first-order chi connectivity index (χ1) is 9.47. The molecular weight excluding hydrogens is 253 g/mol. The van der Waals surface area contributed by atoms with Crippen molar-refractivity contribution in [3.63, 3.8) is 0 Å². The molecule has 4 heteroatoms. The van der Waals surface area contributed by atoms with Gasteiger partial charge >= 0.3 is 0 Å². The SMILES string of the molecule is CCNC(C)c1cccc(F)c1N(C)CCCN(C)C. The summed E-state index contributed by atoms with van der Waals surface area (Å²) in [4.78, 5) is 4.18. The summed E-state index contributed by atoms with van der Waals surface area (Å²) >= 11 is 0. The van der Waals surface area contributed by atoms with Crippen LogP contribution in [0.2, 0.25) is 0 Å². The number of nitrogens with one attached hydrogen (secondary N) is 1. The van der Waals surface area contributed by atoms with Crippen LogP contribution in [0.25, 0.3) is 0 Å². The Labute approximate surface area is 122 Å². The largest absolute Gasteiger partial charge is 0.372 e. The van der Waals surface area contributed by atoms with Crippen LogP contribution >= 0.6 is 0 Å². The lowest BCUT2D eigenvalue weighted by atomic mass is 10.0. The Kier molecular flexibility index (Phi) is 6.96. The Morgan fingerprint density at radius 3 is 2.50 bits per heavy atom. The summed E-state index contributed by atoms with van der Waals surface area (Å²) < 4.78 is 14.2. The average Bonchev–Trinajstić information content (AvgIpc) is 2.38. The third-order valence-corrected chi connectivity index (χ3v) is 3.48. The topological polar surface area (TPSA) is 18.5 Å². The van der Waals surface area contributed by atoms with Crippen molar-refractivity contribution in [2.24, 2.45) is 0 Å². The van der Waals surface area contributed by atoms with Gasteiger partial charge in [-0.05, 0) is 52.2 Å². The third-order valence-electron chi connectivity index (χ3n) is 3.48. The molecule has 1 aromatic rings. The Bertz CT molecular complexity index is 407. The van der Waals surface area contributed by atoms with E-state index in [-0.39, 0.29) is 11.9 Å². The number of hydrogen-bond acceptors (Lipinski definition) is 3. The monoisotopic (exact) mass is 281 g/mol. The highest BCUT2D eigenvalue weighted by Crippen LogP contribution is 2.28. The van der Waals surface area contributed by atoms with E-state index >= 15 is 0 Å². The van der Waals surface area contributed by atoms with Gasteiger partial charge in [0.2, 0.25) is 0 Å². The molecule has 1 N–H and O–H groups in total. The predicted molar refractivity (Wildman–Crippen MR) is 84.9 cm³/mol. The van der Waals surface area contributed by atoms with Crippen molar-refractivity contribution in [2.75, 3.05) is 45.7 Å². The van der Waals surface area contributed by atoms with E-state index in [1.807, 2.05) is 18.0 Å². The summed E-state index contributed by atoms with van der Waals surface area (Å²) in [6.45, 7) is 6.88. The van der Waals surface area contributed by atoms with Gasteiger partial charge in [-0.3, -0.25) is 0 Å². The molecule has 114 valence electrons. The molecule has 0 aromatic heterocycles. The zero-order chi connectivity index (χ0) is 15.1. The minimum atomic E-state index is -0.139. The van der Waals surface area contributed by atoms with E-state index in [0.29, 0.717) is 0 Å². The summed E-state index contributed by atoms with van der Waals surface area (Å²) in [6, 6.07) is 5.49. The average molecular weight is 281 g/mol. The van der Waals surface area contributed by atoms with Crippen LogP contribution < -0.4 is 10.2 Å². The maximum atomic E-state index is 14.2. The zero-order valence-electron chi connectivity index (χ0n) is 13.4. The summed E-state index contributed by atoms with van der Waals surface area (Å²) in [5, 5.41) is 3.36. The van der Waals surface area contributed by atoms with Gasteiger partial charge in [-0.2, -0.15) is 0 Å². The Morgan fingerprint density at radius 2 is 1.90 bits per heavy atom. The molecule has 0 saturated carbocycles. The second kappa shape index (κ2) is 8.22. The van der Waals surface area contributed by atoms with Crippen molar-refractivity contribution >= 4 is 5.69 Å². The summed E-state index contributed by atoms with van der Waals surface area (Å²) in [5.74, 6) is -0.139. The van der Waals surface area contributed by atoms with Crippen LogP contribution in [-0.2, 0) is 0 Å². The van der Waals surface area contributed by atoms with Gasteiger partial charge in [0, 0.05) is 19.6 Å². The lowest BCUT2D eigenvalue weighted by Gasteiger charge is -2.26. The molecule has 1 aromatic carbocycles. The van der Waals surface area contributed by atoms with Crippen molar-refractivity contribution in [3.8, 4) is 0 Å². The van der Waals surface area contributed by atoms with Gasteiger partial charge in [-0.15, -0.1) is 0 Å². The van der Waals surface area contributed by atoms with Gasteiger partial charge in [-0.1, -0.05) is 19.1 Å². The van der Waals surface area contributed by atoms with Crippen LogP contribution in [0.3, 0.4) is 0 Å². The van der Waals surface area contributed by atoms with Crippen molar-refractivity contribution in [1.82, 2.24) is 10.2 Å². The molecular formula is C16H28FN3. The van der Waals surface area contributed by atoms with Crippen LogP contribution in [-0.4, -0.2) is 45.7 Å². The first kappa shape index (κ1) is 16.9. The predicted octanol–water partition coefficient (Wildman–Crippen LogP) is 2.88. The maximum absolute atomic E-state index is 14.2. The highest BCUT2D eigenvalue weighted by molar-refractivity contribution is 5.55. The van der Waals surface area contributed by atoms with Gasteiger partial charge in [0.05, 0.1) is 5.69 Å². The van der Waals surface area contributed by atoms with E-state index in [9.17, 15) is 4.39 Å². The number of para-hydroxylation sites is 1. The maximum Gasteiger partial charge on any atom is 0.146 e. The van der Waals surface area contributed by atoms with Gasteiger partial charge in [0.15, 0.2) is 0 Å². The van der Waals surface area contributed by atoms with Gasteiger partial charge in [0.1, 0.15) is 5.82 Å². The fraction of sp³-hybridized carbons (Fsp3) is 0.625. The van der Waals surface area contributed by atoms with E-state index < -0.39 is 0 Å². The van der Waals surface area contributed by atoms with Crippen LogP contribution in [0, 0.1) is 5.82 Å². The van der Waals surface area contributed by atoms with Crippen molar-refractivity contribution in [3.05, 3.63) is 29.6 Å². The molecule has 0 bridgehead atoms. The standard InChI is InChI=1S/C16H28FN3/c1-6-18-13(2)14-9-7-10-15(17)16(14)20(5)12-8-11-19(3)4/h7,9-10,13,18H,6,8,11-12H2,1-5H3. The van der Waals surface area contributed by atoms with E-state index in [1.54, 1.807) is 12.1 Å². The highest BCUT2D eigenvalue weighted by Gasteiger charge is 2.16. The first-order valence-corrected chi connectivity index (χ1v) is 7.35. The third kappa shape index (κ3) is 4.76. The van der Waals surface area contributed by atoms with Crippen LogP contribution in [0.15, 0.2) is 18.2 Å². The second-order valence-electron chi connectivity index (χ2n) is 5.54. The molecule has 1 atom stereocenters. The molecule has 0 heterocycles. The molecule has 20 heavy (non-hydrogen) atoms. The summed E-state index contributed by atoms with van der Waals surface area (Å²) in [7, 11) is 6.08. The molecule has 0 aliphatic heterocycles. The molecule has 3 nitrogen and oxygen atoms in total. The number of hydrogen-bond donors (Lipinski definition) is 1. The lowest BCUT2D eigenvalue weighted by molar-refractivity contribution is 0.401.